The van der Waals surface area contributed by atoms with E-state index >= 15 is 0 Å². The van der Waals surface area contributed by atoms with Crippen LogP contribution in [0.4, 0.5) is 0 Å². The van der Waals surface area contributed by atoms with Gasteiger partial charge in [-0.15, -0.1) is 0 Å². The maximum Gasteiger partial charge on any atom is 0.326 e. The molecule has 0 aromatic heterocycles. The van der Waals surface area contributed by atoms with Crippen molar-refractivity contribution in [2.24, 2.45) is 0 Å². The summed E-state index contributed by atoms with van der Waals surface area (Å²) in [5, 5.41) is 19.1. The third kappa shape index (κ3) is 3.01. The van der Waals surface area contributed by atoms with Crippen LogP contribution in [0.2, 0.25) is 5.02 Å². The smallest absolute Gasteiger partial charge is 0.326 e. The number of amides is 1. The minimum absolute atomic E-state index is 0.0262. The molecule has 0 spiro atoms. The molecule has 0 aliphatic carbocycles. The molecule has 1 aromatic carbocycles. The van der Waals surface area contributed by atoms with Crippen molar-refractivity contribution < 1.29 is 19.8 Å². The summed E-state index contributed by atoms with van der Waals surface area (Å²) in [7, 11) is 0. The number of halogens is 2. The number of rotatable bonds is 2. The molecule has 5 nitrogen and oxygen atoms in total. The van der Waals surface area contributed by atoms with E-state index in [9.17, 15) is 14.7 Å². The van der Waals surface area contributed by atoms with Gasteiger partial charge in [0.25, 0.3) is 5.91 Å². The van der Waals surface area contributed by atoms with Crippen molar-refractivity contribution in [1.29, 1.82) is 0 Å². The van der Waals surface area contributed by atoms with E-state index in [0.29, 0.717) is 14.2 Å². The second-order valence-electron chi connectivity index (χ2n) is 4.33. The standard InChI is InChI=1S/C12H11ClINO4/c13-6-1-2-9(14)8(3-6)11(17)15-5-7(16)4-10(15)12(18)19/h1-3,7,10,16H,4-5H2,(H,18,19)/t7-,10-/m1/s1. The second kappa shape index (κ2) is 5.64. The molecular formula is C12H11ClINO4. The van der Waals surface area contributed by atoms with E-state index < -0.39 is 24.0 Å². The van der Waals surface area contributed by atoms with Gasteiger partial charge in [-0.2, -0.15) is 0 Å². The van der Waals surface area contributed by atoms with E-state index in [-0.39, 0.29) is 13.0 Å². The molecule has 0 radical (unpaired) electrons. The van der Waals surface area contributed by atoms with Gasteiger partial charge in [0, 0.05) is 21.6 Å². The van der Waals surface area contributed by atoms with Gasteiger partial charge in [0.2, 0.25) is 0 Å². The SMILES string of the molecule is O=C(O)[C@H]1C[C@@H](O)CN1C(=O)c1cc(Cl)ccc1I. The van der Waals surface area contributed by atoms with Crippen LogP contribution >= 0.6 is 34.2 Å². The molecule has 2 atom stereocenters. The Morgan fingerprint density at radius 3 is 2.74 bits per heavy atom. The van der Waals surface area contributed by atoms with Crippen molar-refractivity contribution in [2.45, 2.75) is 18.6 Å². The van der Waals surface area contributed by atoms with E-state index in [0.717, 1.165) is 0 Å². The minimum Gasteiger partial charge on any atom is -0.480 e. The third-order valence-corrected chi connectivity index (χ3v) is 4.16. The number of carboxylic acids is 1. The fourth-order valence-electron chi connectivity index (χ4n) is 2.09. The third-order valence-electron chi connectivity index (χ3n) is 2.98. The largest absolute Gasteiger partial charge is 0.480 e. The van der Waals surface area contributed by atoms with E-state index in [2.05, 4.69) is 0 Å². The zero-order valence-electron chi connectivity index (χ0n) is 9.72. The van der Waals surface area contributed by atoms with Crippen LogP contribution in [0.5, 0.6) is 0 Å². The first-order valence-electron chi connectivity index (χ1n) is 5.57. The first kappa shape index (κ1) is 14.5. The molecule has 1 heterocycles. The normalized spacial score (nSPS) is 22.6. The number of aliphatic hydroxyl groups excluding tert-OH is 1. The number of benzene rings is 1. The van der Waals surface area contributed by atoms with Crippen molar-refractivity contribution in [3.63, 3.8) is 0 Å². The Morgan fingerprint density at radius 1 is 1.42 bits per heavy atom. The van der Waals surface area contributed by atoms with Crippen LogP contribution in [0.15, 0.2) is 18.2 Å². The van der Waals surface area contributed by atoms with Gasteiger partial charge in [0.05, 0.1) is 11.7 Å². The highest BCUT2D eigenvalue weighted by atomic mass is 127. The molecule has 19 heavy (non-hydrogen) atoms. The maximum atomic E-state index is 12.4. The van der Waals surface area contributed by atoms with Gasteiger partial charge >= 0.3 is 5.97 Å². The Labute approximate surface area is 128 Å². The van der Waals surface area contributed by atoms with Gasteiger partial charge in [-0.1, -0.05) is 11.6 Å². The zero-order valence-corrected chi connectivity index (χ0v) is 12.6. The summed E-state index contributed by atoms with van der Waals surface area (Å²) < 4.78 is 0.692. The Bertz CT molecular complexity index is 536. The quantitative estimate of drug-likeness (QED) is 0.746. The Kier molecular flexibility index (Phi) is 4.32. The number of carbonyl (C=O) groups excluding carboxylic acids is 1. The molecule has 1 aromatic rings. The van der Waals surface area contributed by atoms with Gasteiger partial charge < -0.3 is 15.1 Å². The molecule has 1 fully saturated rings. The van der Waals surface area contributed by atoms with E-state index in [1.807, 2.05) is 22.6 Å². The van der Waals surface area contributed by atoms with Crippen LogP contribution in [0.1, 0.15) is 16.8 Å². The summed E-state index contributed by atoms with van der Waals surface area (Å²) in [6.07, 6.45) is -0.750. The second-order valence-corrected chi connectivity index (χ2v) is 5.92. The highest BCUT2D eigenvalue weighted by Crippen LogP contribution is 2.25. The lowest BCUT2D eigenvalue weighted by Gasteiger charge is -2.21. The Balaban J connectivity index is 2.33. The van der Waals surface area contributed by atoms with E-state index in [4.69, 9.17) is 16.7 Å². The number of aliphatic carboxylic acids is 1. The summed E-state index contributed by atoms with van der Waals surface area (Å²) in [6, 6.07) is 3.87. The topological polar surface area (TPSA) is 77.8 Å². The molecule has 102 valence electrons. The van der Waals surface area contributed by atoms with E-state index in [1.165, 1.54) is 11.0 Å². The summed E-state index contributed by atoms with van der Waals surface area (Å²) in [4.78, 5) is 24.7. The van der Waals surface area contributed by atoms with Crippen molar-refractivity contribution in [3.05, 3.63) is 32.4 Å². The number of β-amino-alcohol motifs (C(OH)–C–C–N with tert-alkyl or cyclic N) is 1. The highest BCUT2D eigenvalue weighted by molar-refractivity contribution is 14.1. The van der Waals surface area contributed by atoms with Crippen LogP contribution < -0.4 is 0 Å². The van der Waals surface area contributed by atoms with Gasteiger partial charge in [0.15, 0.2) is 0 Å². The lowest BCUT2D eigenvalue weighted by atomic mass is 10.1. The van der Waals surface area contributed by atoms with Crippen LogP contribution in [0.3, 0.4) is 0 Å². The molecule has 0 saturated carbocycles. The minimum atomic E-state index is -1.11. The van der Waals surface area contributed by atoms with Gasteiger partial charge in [-0.05, 0) is 40.8 Å². The molecular weight excluding hydrogens is 384 g/mol. The van der Waals surface area contributed by atoms with Crippen LogP contribution in [-0.4, -0.2) is 45.7 Å². The first-order valence-corrected chi connectivity index (χ1v) is 7.02. The summed E-state index contributed by atoms with van der Waals surface area (Å²) in [5.41, 5.74) is 0.355. The van der Waals surface area contributed by atoms with Crippen LogP contribution in [0.25, 0.3) is 0 Å². The highest BCUT2D eigenvalue weighted by Gasteiger charge is 2.39. The Hall–Kier alpha value is -0.860. The summed E-state index contributed by atoms with van der Waals surface area (Å²) >= 11 is 7.85. The van der Waals surface area contributed by atoms with Gasteiger partial charge in [-0.3, -0.25) is 4.79 Å². The molecule has 1 amide bonds. The van der Waals surface area contributed by atoms with Crippen molar-refractivity contribution in [1.82, 2.24) is 4.90 Å². The van der Waals surface area contributed by atoms with Crippen LogP contribution in [-0.2, 0) is 4.79 Å². The number of aliphatic hydroxyl groups is 1. The average molecular weight is 396 g/mol. The molecule has 1 aliphatic heterocycles. The van der Waals surface area contributed by atoms with Crippen molar-refractivity contribution in [3.8, 4) is 0 Å². The lowest BCUT2D eigenvalue weighted by Crippen LogP contribution is -2.40. The molecule has 7 heteroatoms. The predicted octanol–water partition coefficient (Wildman–Crippen LogP) is 1.60. The predicted molar refractivity (Wildman–Crippen MR) is 77.3 cm³/mol. The molecule has 0 unspecified atom stereocenters. The average Bonchev–Trinajstić information content (AvgIpc) is 2.74. The first-order chi connectivity index (χ1) is 8.90. The summed E-state index contributed by atoms with van der Waals surface area (Å²) in [6.45, 7) is 0.0262. The van der Waals surface area contributed by atoms with E-state index in [1.54, 1.807) is 12.1 Å². The van der Waals surface area contributed by atoms with Gasteiger partial charge in [-0.25, -0.2) is 4.79 Å². The zero-order chi connectivity index (χ0) is 14.2. The number of carbonyl (C=O) groups is 2. The fourth-order valence-corrected chi connectivity index (χ4v) is 2.83. The van der Waals surface area contributed by atoms with Crippen molar-refractivity contribution in [2.75, 3.05) is 6.54 Å². The maximum absolute atomic E-state index is 12.4. The number of nitrogens with zero attached hydrogens (tertiary/aromatic N) is 1. The van der Waals surface area contributed by atoms with Crippen LogP contribution in [0, 0.1) is 3.57 Å². The molecule has 0 bridgehead atoms. The lowest BCUT2D eigenvalue weighted by molar-refractivity contribution is -0.141. The molecule has 2 N–H and O–H groups in total. The van der Waals surface area contributed by atoms with Gasteiger partial charge in [0.1, 0.15) is 6.04 Å². The summed E-state index contributed by atoms with van der Waals surface area (Å²) in [5.74, 6) is -1.53. The Morgan fingerprint density at radius 2 is 2.11 bits per heavy atom. The molecule has 1 aliphatic rings. The monoisotopic (exact) mass is 395 g/mol. The number of likely N-dealkylation sites (tertiary alicyclic amines) is 1. The number of carboxylic acid groups (broad SMARTS) is 1. The number of hydrogen-bond donors (Lipinski definition) is 2. The number of hydrogen-bond acceptors (Lipinski definition) is 3. The fraction of sp³-hybridized carbons (Fsp3) is 0.333. The molecule has 2 rings (SSSR count). The molecule has 1 saturated heterocycles. The van der Waals surface area contributed by atoms with Crippen molar-refractivity contribution >= 4 is 46.1 Å².